The molecule has 2 heterocycles. The molecule has 1 N–H and O–H groups in total. The number of rotatable bonds is 3. The lowest BCUT2D eigenvalue weighted by Gasteiger charge is -2.13. The molecule has 0 bridgehead atoms. The zero-order valence-corrected chi connectivity index (χ0v) is 12.5. The van der Waals surface area contributed by atoms with E-state index >= 15 is 0 Å². The van der Waals surface area contributed by atoms with Crippen LogP contribution < -0.4 is 5.32 Å². The predicted molar refractivity (Wildman–Crippen MR) is 74.8 cm³/mol. The monoisotopic (exact) mass is 289 g/mol. The number of hydrogen-bond donors (Lipinski definition) is 1. The van der Waals surface area contributed by atoms with Gasteiger partial charge in [-0.15, -0.1) is 0 Å². The Bertz CT molecular complexity index is 673. The zero-order chi connectivity index (χ0) is 15.0. The van der Waals surface area contributed by atoms with Crippen LogP contribution in [-0.4, -0.2) is 25.8 Å². The Labute approximate surface area is 122 Å². The van der Waals surface area contributed by atoms with Crippen LogP contribution in [0.1, 0.15) is 59.3 Å². The number of nitrogens with one attached hydrogen (secondary N) is 1. The second-order valence-electron chi connectivity index (χ2n) is 5.48. The Kier molecular flexibility index (Phi) is 3.48. The fraction of sp³-hybridized carbons (Fsp3) is 0.571. The number of aromatic nitrogens is 4. The van der Waals surface area contributed by atoms with Crippen molar-refractivity contribution in [3.05, 3.63) is 28.7 Å². The van der Waals surface area contributed by atoms with Gasteiger partial charge in [-0.05, 0) is 39.5 Å². The van der Waals surface area contributed by atoms with Gasteiger partial charge in [-0.1, -0.05) is 5.16 Å². The molecule has 0 unspecified atom stereocenters. The van der Waals surface area contributed by atoms with Crippen molar-refractivity contribution >= 4 is 5.91 Å². The standard InChI is InChI=1S/C14H19N5O2/c1-8(14-16-9(2)18-21-14)15-13(20)12-10-6-4-5-7-11(10)17-19(12)3/h8H,4-7H2,1-3H3,(H,15,20)/t8-/m1/s1. The molecule has 112 valence electrons. The van der Waals surface area contributed by atoms with E-state index in [0.717, 1.165) is 36.9 Å². The van der Waals surface area contributed by atoms with Gasteiger partial charge in [0.25, 0.3) is 5.91 Å². The summed E-state index contributed by atoms with van der Waals surface area (Å²) in [6.07, 6.45) is 4.12. The van der Waals surface area contributed by atoms with Crippen LogP contribution in [0, 0.1) is 6.92 Å². The highest BCUT2D eigenvalue weighted by Crippen LogP contribution is 2.24. The van der Waals surface area contributed by atoms with Gasteiger partial charge in [-0.3, -0.25) is 9.48 Å². The Morgan fingerprint density at radius 1 is 1.38 bits per heavy atom. The molecule has 0 aromatic carbocycles. The first-order valence-corrected chi connectivity index (χ1v) is 7.22. The van der Waals surface area contributed by atoms with Gasteiger partial charge in [0.15, 0.2) is 5.82 Å². The molecular formula is C14H19N5O2. The minimum Gasteiger partial charge on any atom is -0.339 e. The summed E-state index contributed by atoms with van der Waals surface area (Å²) in [6.45, 7) is 3.58. The van der Waals surface area contributed by atoms with E-state index in [1.807, 2.05) is 14.0 Å². The molecule has 7 nitrogen and oxygen atoms in total. The number of hydrogen-bond acceptors (Lipinski definition) is 5. The lowest BCUT2D eigenvalue weighted by Crippen LogP contribution is -2.29. The molecule has 1 amide bonds. The molecule has 0 saturated carbocycles. The largest absolute Gasteiger partial charge is 0.339 e. The van der Waals surface area contributed by atoms with E-state index < -0.39 is 0 Å². The molecule has 3 rings (SSSR count). The minimum absolute atomic E-state index is 0.142. The molecule has 1 aliphatic rings. The van der Waals surface area contributed by atoms with E-state index in [1.54, 1.807) is 11.6 Å². The van der Waals surface area contributed by atoms with Gasteiger partial charge in [0.1, 0.15) is 11.7 Å². The fourth-order valence-electron chi connectivity index (χ4n) is 2.78. The summed E-state index contributed by atoms with van der Waals surface area (Å²) in [5, 5.41) is 11.1. The van der Waals surface area contributed by atoms with E-state index in [-0.39, 0.29) is 11.9 Å². The van der Waals surface area contributed by atoms with Crippen LogP contribution in [0.2, 0.25) is 0 Å². The maximum absolute atomic E-state index is 12.5. The second kappa shape index (κ2) is 5.31. The molecule has 0 fully saturated rings. The van der Waals surface area contributed by atoms with Crippen molar-refractivity contribution < 1.29 is 9.32 Å². The van der Waals surface area contributed by atoms with Crippen molar-refractivity contribution in [2.45, 2.75) is 45.6 Å². The van der Waals surface area contributed by atoms with Crippen LogP contribution in [0.25, 0.3) is 0 Å². The Morgan fingerprint density at radius 3 is 2.86 bits per heavy atom. The minimum atomic E-state index is -0.326. The van der Waals surface area contributed by atoms with Gasteiger partial charge in [0.2, 0.25) is 5.89 Å². The molecule has 0 aliphatic heterocycles. The highest BCUT2D eigenvalue weighted by Gasteiger charge is 2.25. The molecule has 1 atom stereocenters. The summed E-state index contributed by atoms with van der Waals surface area (Å²) in [5.41, 5.74) is 2.78. The quantitative estimate of drug-likeness (QED) is 0.925. The molecule has 1 aliphatic carbocycles. The molecule has 2 aromatic heterocycles. The molecule has 0 radical (unpaired) electrons. The molecule has 7 heteroatoms. The van der Waals surface area contributed by atoms with Gasteiger partial charge in [0.05, 0.1) is 5.69 Å². The van der Waals surface area contributed by atoms with Crippen LogP contribution in [-0.2, 0) is 19.9 Å². The van der Waals surface area contributed by atoms with E-state index in [1.165, 1.54) is 0 Å². The topological polar surface area (TPSA) is 85.8 Å². The molecule has 0 saturated heterocycles. The number of amides is 1. The van der Waals surface area contributed by atoms with Gasteiger partial charge >= 0.3 is 0 Å². The lowest BCUT2D eigenvalue weighted by molar-refractivity contribution is 0.0922. The number of aryl methyl sites for hydroxylation is 3. The SMILES string of the molecule is Cc1noc([C@@H](C)NC(=O)c2c3c(nn2C)CCCC3)n1. The first-order chi connectivity index (χ1) is 10.1. The molecule has 2 aromatic rings. The summed E-state index contributed by atoms with van der Waals surface area (Å²) in [4.78, 5) is 16.7. The van der Waals surface area contributed by atoms with Crippen LogP contribution in [0.5, 0.6) is 0 Å². The van der Waals surface area contributed by atoms with Gasteiger partial charge in [-0.2, -0.15) is 10.1 Å². The number of carbonyl (C=O) groups excluding carboxylic acids is 1. The lowest BCUT2D eigenvalue weighted by atomic mass is 9.95. The van der Waals surface area contributed by atoms with E-state index in [9.17, 15) is 4.79 Å². The maximum Gasteiger partial charge on any atom is 0.270 e. The van der Waals surface area contributed by atoms with Gasteiger partial charge in [-0.25, -0.2) is 0 Å². The van der Waals surface area contributed by atoms with Crippen molar-refractivity contribution in [2.75, 3.05) is 0 Å². The highest BCUT2D eigenvalue weighted by atomic mass is 16.5. The van der Waals surface area contributed by atoms with Crippen LogP contribution in [0.15, 0.2) is 4.52 Å². The zero-order valence-electron chi connectivity index (χ0n) is 12.5. The average molecular weight is 289 g/mol. The fourth-order valence-corrected chi connectivity index (χ4v) is 2.78. The Balaban J connectivity index is 1.81. The van der Waals surface area contributed by atoms with Crippen molar-refractivity contribution in [1.29, 1.82) is 0 Å². The third kappa shape index (κ3) is 2.55. The summed E-state index contributed by atoms with van der Waals surface area (Å²) < 4.78 is 6.77. The van der Waals surface area contributed by atoms with E-state index in [0.29, 0.717) is 17.4 Å². The predicted octanol–water partition coefficient (Wildman–Crippen LogP) is 1.48. The van der Waals surface area contributed by atoms with Gasteiger partial charge in [0, 0.05) is 12.6 Å². The molecular weight excluding hydrogens is 270 g/mol. The van der Waals surface area contributed by atoms with Gasteiger partial charge < -0.3 is 9.84 Å². The van der Waals surface area contributed by atoms with Crippen molar-refractivity contribution in [1.82, 2.24) is 25.2 Å². The van der Waals surface area contributed by atoms with Crippen LogP contribution in [0.3, 0.4) is 0 Å². The molecule has 0 spiro atoms. The summed E-state index contributed by atoms with van der Waals surface area (Å²) in [6, 6.07) is -0.326. The number of nitrogens with zero attached hydrogens (tertiary/aromatic N) is 4. The molecule has 21 heavy (non-hydrogen) atoms. The van der Waals surface area contributed by atoms with E-state index in [4.69, 9.17) is 4.52 Å². The number of carbonyl (C=O) groups is 1. The summed E-state index contributed by atoms with van der Waals surface area (Å²) in [5.74, 6) is 0.831. The van der Waals surface area contributed by atoms with Crippen LogP contribution in [0.4, 0.5) is 0 Å². The average Bonchev–Trinajstić information content (AvgIpc) is 3.01. The van der Waals surface area contributed by atoms with Crippen molar-refractivity contribution in [3.63, 3.8) is 0 Å². The van der Waals surface area contributed by atoms with Crippen molar-refractivity contribution in [2.24, 2.45) is 7.05 Å². The second-order valence-corrected chi connectivity index (χ2v) is 5.48. The maximum atomic E-state index is 12.5. The Hall–Kier alpha value is -2.18. The smallest absolute Gasteiger partial charge is 0.270 e. The normalized spacial score (nSPS) is 15.6. The third-order valence-electron chi connectivity index (χ3n) is 3.80. The van der Waals surface area contributed by atoms with Crippen molar-refractivity contribution in [3.8, 4) is 0 Å². The highest BCUT2D eigenvalue weighted by molar-refractivity contribution is 5.94. The summed E-state index contributed by atoms with van der Waals surface area (Å²) >= 11 is 0. The third-order valence-corrected chi connectivity index (χ3v) is 3.80. The van der Waals surface area contributed by atoms with E-state index in [2.05, 4.69) is 20.6 Å². The van der Waals surface area contributed by atoms with Crippen LogP contribution >= 0.6 is 0 Å². The summed E-state index contributed by atoms with van der Waals surface area (Å²) in [7, 11) is 1.81. The Morgan fingerprint density at radius 2 is 2.14 bits per heavy atom. The number of fused-ring (bicyclic) bond motifs is 1. The first-order valence-electron chi connectivity index (χ1n) is 7.22. The first kappa shape index (κ1) is 13.8.